The number of anilines is 1. The minimum absolute atomic E-state index is 0.109. The van der Waals surface area contributed by atoms with Gasteiger partial charge in [0.15, 0.2) is 0 Å². The Morgan fingerprint density at radius 1 is 1.08 bits per heavy atom. The van der Waals surface area contributed by atoms with Gasteiger partial charge >= 0.3 is 6.03 Å². The smallest absolute Gasteiger partial charge is 0.327 e. The lowest BCUT2D eigenvalue weighted by atomic mass is 10.1. The van der Waals surface area contributed by atoms with Crippen LogP contribution in [0.2, 0.25) is 0 Å². The van der Waals surface area contributed by atoms with Crippen molar-refractivity contribution in [3.63, 3.8) is 0 Å². The highest BCUT2D eigenvalue weighted by Gasteiger charge is 2.47. The molecule has 0 aromatic heterocycles. The number of carbonyl (C=O) groups is 3. The molecule has 2 saturated heterocycles. The van der Waals surface area contributed by atoms with Gasteiger partial charge in [0, 0.05) is 24.8 Å². The number of carbonyl (C=O) groups excluding carboxylic acids is 3. The van der Waals surface area contributed by atoms with E-state index in [9.17, 15) is 14.4 Å². The second-order valence-corrected chi connectivity index (χ2v) is 6.68. The Kier molecular flexibility index (Phi) is 3.44. The van der Waals surface area contributed by atoms with Crippen LogP contribution in [0.5, 0.6) is 0 Å². The second kappa shape index (κ2) is 5.51. The maximum absolute atomic E-state index is 12.5. The van der Waals surface area contributed by atoms with Crippen LogP contribution in [0.4, 0.5) is 10.5 Å². The number of rotatable bonds is 4. The van der Waals surface area contributed by atoms with E-state index < -0.39 is 5.91 Å². The van der Waals surface area contributed by atoms with E-state index in [-0.39, 0.29) is 30.6 Å². The van der Waals surface area contributed by atoms with Crippen molar-refractivity contribution in [2.75, 3.05) is 24.5 Å². The summed E-state index contributed by atoms with van der Waals surface area (Å²) in [6.07, 6.45) is 2.70. The molecule has 3 aliphatic rings. The zero-order valence-electron chi connectivity index (χ0n) is 13.4. The Morgan fingerprint density at radius 2 is 1.83 bits per heavy atom. The minimum Gasteiger partial charge on any atom is -0.369 e. The van der Waals surface area contributed by atoms with Gasteiger partial charge in [-0.15, -0.1) is 0 Å². The molecular weight excluding hydrogens is 308 g/mol. The molecular formula is C17H20N4O3. The summed E-state index contributed by atoms with van der Waals surface area (Å²) in [5.74, 6) is -0.579. The van der Waals surface area contributed by atoms with E-state index in [1.54, 1.807) is 17.0 Å². The van der Waals surface area contributed by atoms with Gasteiger partial charge in [-0.3, -0.25) is 14.5 Å². The largest absolute Gasteiger partial charge is 0.369 e. The number of para-hydroxylation sites is 1. The Hall–Kier alpha value is -2.57. The molecule has 4 rings (SSSR count). The second-order valence-electron chi connectivity index (χ2n) is 6.68. The number of hydrogen-bond donors (Lipinski definition) is 1. The highest BCUT2D eigenvalue weighted by atomic mass is 16.2. The van der Waals surface area contributed by atoms with Crippen molar-refractivity contribution in [1.29, 1.82) is 0 Å². The van der Waals surface area contributed by atoms with Crippen LogP contribution in [0, 0.1) is 0 Å². The van der Waals surface area contributed by atoms with Crippen molar-refractivity contribution >= 4 is 23.5 Å². The molecule has 1 saturated carbocycles. The third kappa shape index (κ3) is 2.40. The summed E-state index contributed by atoms with van der Waals surface area (Å²) in [6.45, 7) is 1.44. The number of amides is 4. The van der Waals surface area contributed by atoms with Gasteiger partial charge in [0.2, 0.25) is 0 Å². The molecule has 3 fully saturated rings. The fourth-order valence-corrected chi connectivity index (χ4v) is 3.70. The average molecular weight is 328 g/mol. The van der Waals surface area contributed by atoms with Gasteiger partial charge in [0.05, 0.1) is 11.6 Å². The summed E-state index contributed by atoms with van der Waals surface area (Å²) < 4.78 is 0. The lowest BCUT2D eigenvalue weighted by Crippen LogP contribution is -2.43. The van der Waals surface area contributed by atoms with Crippen LogP contribution in [-0.4, -0.2) is 59.4 Å². The molecule has 2 heterocycles. The summed E-state index contributed by atoms with van der Waals surface area (Å²) in [6, 6.07) is 7.14. The number of nitrogens with two attached hydrogens (primary N) is 1. The molecule has 2 aliphatic heterocycles. The maximum Gasteiger partial charge on any atom is 0.327 e. The molecule has 0 spiro atoms. The van der Waals surface area contributed by atoms with Crippen molar-refractivity contribution in [1.82, 2.24) is 9.80 Å². The summed E-state index contributed by atoms with van der Waals surface area (Å²) in [4.78, 5) is 41.6. The van der Waals surface area contributed by atoms with Gasteiger partial charge < -0.3 is 15.5 Å². The van der Waals surface area contributed by atoms with Crippen LogP contribution >= 0.6 is 0 Å². The first-order valence-corrected chi connectivity index (χ1v) is 8.32. The number of urea groups is 1. The molecule has 1 aliphatic carbocycles. The Balaban J connectivity index is 1.52. The van der Waals surface area contributed by atoms with Gasteiger partial charge in [0.25, 0.3) is 11.8 Å². The van der Waals surface area contributed by atoms with Crippen LogP contribution in [0.3, 0.4) is 0 Å². The zero-order valence-corrected chi connectivity index (χ0v) is 13.4. The van der Waals surface area contributed by atoms with Crippen LogP contribution in [0.1, 0.15) is 29.6 Å². The van der Waals surface area contributed by atoms with Gasteiger partial charge in [-0.25, -0.2) is 4.79 Å². The normalized spacial score (nSPS) is 24.2. The molecule has 126 valence electrons. The monoisotopic (exact) mass is 328 g/mol. The van der Waals surface area contributed by atoms with Gasteiger partial charge in [-0.05, 0) is 31.4 Å². The van der Waals surface area contributed by atoms with Crippen LogP contribution in [0.25, 0.3) is 0 Å². The SMILES string of the molecule is NC(=O)c1ccccc1N1CCC(N2C(=O)CN(C3CC3)C2=O)C1. The molecule has 0 bridgehead atoms. The lowest BCUT2D eigenvalue weighted by Gasteiger charge is -2.24. The van der Waals surface area contributed by atoms with Gasteiger partial charge in [-0.2, -0.15) is 0 Å². The first kappa shape index (κ1) is 15.0. The van der Waals surface area contributed by atoms with E-state index in [4.69, 9.17) is 5.73 Å². The number of primary amides is 1. The van der Waals surface area contributed by atoms with Crippen LogP contribution in [0.15, 0.2) is 24.3 Å². The standard InChI is InChI=1S/C17H20N4O3/c18-16(23)13-3-1-2-4-14(13)19-8-7-12(9-19)21-15(22)10-20(17(21)24)11-5-6-11/h1-4,11-12H,5-10H2,(H2,18,23). The fourth-order valence-electron chi connectivity index (χ4n) is 3.70. The first-order chi connectivity index (χ1) is 11.6. The Morgan fingerprint density at radius 3 is 2.54 bits per heavy atom. The lowest BCUT2D eigenvalue weighted by molar-refractivity contribution is -0.126. The molecule has 1 atom stereocenters. The van der Waals surface area contributed by atoms with Gasteiger partial charge in [-0.1, -0.05) is 12.1 Å². The van der Waals surface area contributed by atoms with E-state index in [2.05, 4.69) is 0 Å². The predicted octanol–water partition coefficient (Wildman–Crippen LogP) is 0.791. The quantitative estimate of drug-likeness (QED) is 0.828. The van der Waals surface area contributed by atoms with Crippen molar-refractivity contribution in [2.24, 2.45) is 5.73 Å². The number of imide groups is 1. The van der Waals surface area contributed by atoms with E-state index >= 15 is 0 Å². The summed E-state index contributed by atoms with van der Waals surface area (Å²) >= 11 is 0. The van der Waals surface area contributed by atoms with Crippen molar-refractivity contribution < 1.29 is 14.4 Å². The number of nitrogens with zero attached hydrogens (tertiary/aromatic N) is 3. The molecule has 4 amide bonds. The van der Waals surface area contributed by atoms with E-state index in [0.717, 1.165) is 18.5 Å². The predicted molar refractivity (Wildman–Crippen MR) is 87.5 cm³/mol. The van der Waals surface area contributed by atoms with E-state index in [0.29, 0.717) is 25.1 Å². The topological polar surface area (TPSA) is 87.0 Å². The molecule has 1 aromatic rings. The highest BCUT2D eigenvalue weighted by Crippen LogP contribution is 2.33. The third-order valence-corrected chi connectivity index (χ3v) is 5.05. The Labute approximate surface area is 140 Å². The van der Waals surface area contributed by atoms with Crippen molar-refractivity contribution in [2.45, 2.75) is 31.3 Å². The molecule has 0 radical (unpaired) electrons. The first-order valence-electron chi connectivity index (χ1n) is 8.32. The minimum atomic E-state index is -0.470. The molecule has 24 heavy (non-hydrogen) atoms. The van der Waals surface area contributed by atoms with Crippen LogP contribution < -0.4 is 10.6 Å². The molecule has 7 nitrogen and oxygen atoms in total. The van der Waals surface area contributed by atoms with E-state index in [1.807, 2.05) is 17.0 Å². The zero-order chi connectivity index (χ0) is 16.8. The molecule has 1 unspecified atom stereocenters. The maximum atomic E-state index is 12.5. The van der Waals surface area contributed by atoms with Crippen molar-refractivity contribution in [3.05, 3.63) is 29.8 Å². The summed E-state index contributed by atoms with van der Waals surface area (Å²) in [5.41, 5.74) is 6.69. The summed E-state index contributed by atoms with van der Waals surface area (Å²) in [7, 11) is 0. The average Bonchev–Trinajstić information content (AvgIpc) is 3.22. The Bertz CT molecular complexity index is 716. The number of hydrogen-bond acceptors (Lipinski definition) is 4. The van der Waals surface area contributed by atoms with E-state index in [1.165, 1.54) is 4.90 Å². The van der Waals surface area contributed by atoms with Gasteiger partial charge in [0.1, 0.15) is 6.54 Å². The van der Waals surface area contributed by atoms with Crippen molar-refractivity contribution in [3.8, 4) is 0 Å². The van der Waals surface area contributed by atoms with Crippen LogP contribution in [-0.2, 0) is 4.79 Å². The molecule has 1 aromatic carbocycles. The third-order valence-electron chi connectivity index (χ3n) is 5.05. The number of benzene rings is 1. The fraction of sp³-hybridized carbons (Fsp3) is 0.471. The highest BCUT2D eigenvalue weighted by molar-refractivity contribution is 6.03. The molecule has 7 heteroatoms. The molecule has 2 N–H and O–H groups in total. The summed E-state index contributed by atoms with van der Waals surface area (Å²) in [5, 5.41) is 0.